The second kappa shape index (κ2) is 5.52. The van der Waals surface area contributed by atoms with Gasteiger partial charge in [0.05, 0.1) is 0 Å². The lowest BCUT2D eigenvalue weighted by molar-refractivity contribution is 0.0290. The minimum Gasteiger partial charge on any atom is -0.444 e. The van der Waals surface area contributed by atoms with Gasteiger partial charge in [-0.05, 0) is 33.3 Å². The van der Waals surface area contributed by atoms with Gasteiger partial charge in [-0.1, -0.05) is 0 Å². The molecule has 1 aliphatic rings. The highest BCUT2D eigenvalue weighted by molar-refractivity contribution is 5.92. The maximum Gasteiger partial charge on any atom is 0.410 e. The van der Waals surface area contributed by atoms with Crippen LogP contribution in [-0.2, 0) is 4.74 Å². The van der Waals surface area contributed by atoms with E-state index in [1.165, 1.54) is 6.20 Å². The molecule has 2 amide bonds. The first kappa shape index (κ1) is 14.4. The summed E-state index contributed by atoms with van der Waals surface area (Å²) in [4.78, 5) is 25.4. The molecule has 110 valence electrons. The lowest BCUT2D eigenvalue weighted by Gasteiger charge is -2.24. The molecule has 0 bridgehead atoms. The molecular formula is C13H20N4O3. The van der Waals surface area contributed by atoms with E-state index in [0.717, 1.165) is 6.42 Å². The highest BCUT2D eigenvalue weighted by Crippen LogP contribution is 2.15. The molecule has 1 atom stereocenters. The molecule has 1 aromatic heterocycles. The third-order valence-electron chi connectivity index (χ3n) is 2.92. The average molecular weight is 280 g/mol. The zero-order valence-electron chi connectivity index (χ0n) is 12.0. The molecule has 0 spiro atoms. The first-order valence-electron chi connectivity index (χ1n) is 6.63. The van der Waals surface area contributed by atoms with Gasteiger partial charge in [0.1, 0.15) is 11.3 Å². The van der Waals surface area contributed by atoms with Crippen LogP contribution in [0.5, 0.6) is 0 Å². The summed E-state index contributed by atoms with van der Waals surface area (Å²) in [5.41, 5.74) is -0.0883. The van der Waals surface area contributed by atoms with E-state index < -0.39 is 5.60 Å². The lowest BCUT2D eigenvalue weighted by Crippen LogP contribution is -2.40. The Morgan fingerprint density at radius 3 is 2.85 bits per heavy atom. The topological polar surface area (TPSA) is 87.3 Å². The Balaban J connectivity index is 1.83. The van der Waals surface area contributed by atoms with Crippen molar-refractivity contribution in [3.05, 3.63) is 18.0 Å². The van der Waals surface area contributed by atoms with E-state index in [-0.39, 0.29) is 18.0 Å². The zero-order chi connectivity index (χ0) is 14.8. The van der Waals surface area contributed by atoms with Crippen molar-refractivity contribution in [3.8, 4) is 0 Å². The number of nitrogens with zero attached hydrogens (tertiary/aromatic N) is 2. The van der Waals surface area contributed by atoms with Crippen LogP contribution in [-0.4, -0.2) is 51.8 Å². The summed E-state index contributed by atoms with van der Waals surface area (Å²) in [7, 11) is 0. The molecule has 0 aliphatic carbocycles. The van der Waals surface area contributed by atoms with E-state index >= 15 is 0 Å². The molecule has 0 radical (unpaired) electrons. The Morgan fingerprint density at radius 2 is 2.25 bits per heavy atom. The van der Waals surface area contributed by atoms with Gasteiger partial charge in [-0.15, -0.1) is 0 Å². The van der Waals surface area contributed by atoms with Gasteiger partial charge in [-0.3, -0.25) is 9.89 Å². The first-order chi connectivity index (χ1) is 9.35. The Morgan fingerprint density at radius 1 is 1.50 bits per heavy atom. The van der Waals surface area contributed by atoms with E-state index in [1.54, 1.807) is 11.0 Å². The SMILES string of the molecule is CC(C)(C)OC(=O)N1CCC(NC(=O)c2ccn[nH]2)C1. The standard InChI is InChI=1S/C13H20N4O3/c1-13(2,3)20-12(19)17-7-5-9(8-17)15-11(18)10-4-6-14-16-10/h4,6,9H,5,7-8H2,1-3H3,(H,14,16)(H,15,18). The Bertz CT molecular complexity index is 478. The molecule has 0 aromatic carbocycles. The van der Waals surface area contributed by atoms with Gasteiger partial charge in [0.25, 0.3) is 5.91 Å². The largest absolute Gasteiger partial charge is 0.444 e. The monoisotopic (exact) mass is 280 g/mol. The van der Waals surface area contributed by atoms with E-state index in [9.17, 15) is 9.59 Å². The number of aromatic amines is 1. The zero-order valence-corrected chi connectivity index (χ0v) is 12.0. The highest BCUT2D eigenvalue weighted by atomic mass is 16.6. The van der Waals surface area contributed by atoms with Crippen molar-refractivity contribution < 1.29 is 14.3 Å². The van der Waals surface area contributed by atoms with E-state index in [1.807, 2.05) is 20.8 Å². The fourth-order valence-corrected chi connectivity index (χ4v) is 2.02. The number of amides is 2. The summed E-state index contributed by atoms with van der Waals surface area (Å²) in [5, 5.41) is 9.21. The summed E-state index contributed by atoms with van der Waals surface area (Å²) >= 11 is 0. The Hall–Kier alpha value is -2.05. The maximum atomic E-state index is 11.9. The smallest absolute Gasteiger partial charge is 0.410 e. The molecule has 0 saturated carbocycles. The molecule has 2 rings (SSSR count). The minimum atomic E-state index is -0.506. The molecule has 1 aliphatic heterocycles. The third-order valence-corrected chi connectivity index (χ3v) is 2.92. The van der Waals surface area contributed by atoms with E-state index in [4.69, 9.17) is 4.74 Å². The quantitative estimate of drug-likeness (QED) is 0.850. The number of ether oxygens (including phenoxy) is 1. The van der Waals surface area contributed by atoms with Crippen LogP contribution in [0.25, 0.3) is 0 Å². The van der Waals surface area contributed by atoms with Crippen LogP contribution in [0, 0.1) is 0 Å². The fourth-order valence-electron chi connectivity index (χ4n) is 2.02. The molecule has 1 saturated heterocycles. The van der Waals surface area contributed by atoms with Gasteiger partial charge < -0.3 is 15.0 Å². The number of H-pyrrole nitrogens is 1. The van der Waals surface area contributed by atoms with Crippen molar-refractivity contribution in [1.82, 2.24) is 20.4 Å². The highest BCUT2D eigenvalue weighted by Gasteiger charge is 2.30. The van der Waals surface area contributed by atoms with Crippen molar-refractivity contribution in [3.63, 3.8) is 0 Å². The van der Waals surface area contributed by atoms with Crippen LogP contribution in [0.3, 0.4) is 0 Å². The van der Waals surface area contributed by atoms with Crippen LogP contribution in [0.1, 0.15) is 37.7 Å². The second-order valence-corrected chi connectivity index (χ2v) is 5.86. The first-order valence-corrected chi connectivity index (χ1v) is 6.63. The number of carbonyl (C=O) groups excluding carboxylic acids is 2. The number of hydrogen-bond acceptors (Lipinski definition) is 4. The van der Waals surface area contributed by atoms with Crippen molar-refractivity contribution >= 4 is 12.0 Å². The molecule has 2 N–H and O–H groups in total. The summed E-state index contributed by atoms with van der Waals surface area (Å²) in [6, 6.07) is 1.55. The normalized spacial score (nSPS) is 18.9. The second-order valence-electron chi connectivity index (χ2n) is 5.86. The summed E-state index contributed by atoms with van der Waals surface area (Å²) in [6.07, 6.45) is 1.91. The molecule has 2 heterocycles. The molecule has 1 fully saturated rings. The molecular weight excluding hydrogens is 260 g/mol. The summed E-state index contributed by atoms with van der Waals surface area (Å²) in [5.74, 6) is -0.210. The van der Waals surface area contributed by atoms with Crippen molar-refractivity contribution in [2.24, 2.45) is 0 Å². The predicted octanol–water partition coefficient (Wildman–Crippen LogP) is 1.15. The lowest BCUT2D eigenvalue weighted by atomic mass is 10.2. The maximum absolute atomic E-state index is 11.9. The molecule has 7 nitrogen and oxygen atoms in total. The van der Waals surface area contributed by atoms with Crippen molar-refractivity contribution in [2.45, 2.75) is 38.8 Å². The van der Waals surface area contributed by atoms with Gasteiger partial charge in [-0.25, -0.2) is 4.79 Å². The van der Waals surface area contributed by atoms with Crippen molar-refractivity contribution in [1.29, 1.82) is 0 Å². The Labute approximate surface area is 117 Å². The van der Waals surface area contributed by atoms with Gasteiger partial charge in [0, 0.05) is 25.3 Å². The molecule has 1 unspecified atom stereocenters. The summed E-state index contributed by atoms with van der Waals surface area (Å²) < 4.78 is 5.31. The van der Waals surface area contributed by atoms with E-state index in [2.05, 4.69) is 15.5 Å². The van der Waals surface area contributed by atoms with Crippen LogP contribution in [0.2, 0.25) is 0 Å². The Kier molecular flexibility index (Phi) is 3.96. The van der Waals surface area contributed by atoms with Crippen LogP contribution < -0.4 is 5.32 Å². The number of hydrogen-bond donors (Lipinski definition) is 2. The van der Waals surface area contributed by atoms with Gasteiger partial charge in [0.2, 0.25) is 0 Å². The van der Waals surface area contributed by atoms with Gasteiger partial charge >= 0.3 is 6.09 Å². The van der Waals surface area contributed by atoms with E-state index in [0.29, 0.717) is 18.8 Å². The van der Waals surface area contributed by atoms with Crippen molar-refractivity contribution in [2.75, 3.05) is 13.1 Å². The number of nitrogens with one attached hydrogen (secondary N) is 2. The number of carbonyl (C=O) groups is 2. The molecule has 7 heteroatoms. The third kappa shape index (κ3) is 3.72. The number of rotatable bonds is 2. The van der Waals surface area contributed by atoms with Crippen LogP contribution in [0.15, 0.2) is 12.3 Å². The average Bonchev–Trinajstić information content (AvgIpc) is 2.97. The predicted molar refractivity (Wildman–Crippen MR) is 72.3 cm³/mol. The molecule has 20 heavy (non-hydrogen) atoms. The number of aromatic nitrogens is 2. The summed E-state index contributed by atoms with van der Waals surface area (Å²) in [6.45, 7) is 6.55. The molecule has 1 aromatic rings. The minimum absolute atomic E-state index is 0.0571. The fraction of sp³-hybridized carbons (Fsp3) is 0.615. The number of likely N-dealkylation sites (tertiary alicyclic amines) is 1. The van der Waals surface area contributed by atoms with Gasteiger partial charge in [0.15, 0.2) is 0 Å². The van der Waals surface area contributed by atoms with Crippen LogP contribution in [0.4, 0.5) is 4.79 Å². The van der Waals surface area contributed by atoms with Crippen LogP contribution >= 0.6 is 0 Å². The van der Waals surface area contributed by atoms with Gasteiger partial charge in [-0.2, -0.15) is 5.10 Å².